The van der Waals surface area contributed by atoms with Crippen molar-refractivity contribution in [2.75, 3.05) is 13.6 Å². The second-order valence-electron chi connectivity index (χ2n) is 6.01. The Balaban J connectivity index is 1.51. The van der Waals surface area contributed by atoms with E-state index in [2.05, 4.69) is 20.6 Å². The summed E-state index contributed by atoms with van der Waals surface area (Å²) in [7, 11) is 1.71. The third kappa shape index (κ3) is 2.98. The Morgan fingerprint density at radius 3 is 2.96 bits per heavy atom. The molecule has 0 bridgehead atoms. The van der Waals surface area contributed by atoms with E-state index < -0.39 is 0 Å². The van der Waals surface area contributed by atoms with Gasteiger partial charge in [0.15, 0.2) is 11.5 Å². The van der Waals surface area contributed by atoms with Crippen LogP contribution in [-0.4, -0.2) is 50.1 Å². The van der Waals surface area contributed by atoms with Crippen molar-refractivity contribution in [1.29, 1.82) is 0 Å². The van der Waals surface area contributed by atoms with E-state index in [9.17, 15) is 9.59 Å². The maximum atomic E-state index is 12.3. The molecule has 0 spiro atoms. The van der Waals surface area contributed by atoms with Crippen LogP contribution >= 0.6 is 11.3 Å². The highest BCUT2D eigenvalue weighted by atomic mass is 32.1. The molecule has 0 aromatic carbocycles. The Hall–Kier alpha value is -2.81. The fourth-order valence-corrected chi connectivity index (χ4v) is 3.51. The topological polar surface area (TPSA) is 92.5 Å². The Bertz CT molecular complexity index is 935. The molecule has 3 aromatic rings. The highest BCUT2D eigenvalue weighted by molar-refractivity contribution is 7.08. The second kappa shape index (κ2) is 6.25. The van der Waals surface area contributed by atoms with Gasteiger partial charge in [-0.15, -0.1) is 10.2 Å². The average molecular weight is 356 g/mol. The summed E-state index contributed by atoms with van der Waals surface area (Å²) in [5.74, 6) is 0.0858. The van der Waals surface area contributed by atoms with E-state index in [0.717, 1.165) is 11.3 Å². The molecule has 0 radical (unpaired) electrons. The molecule has 1 atom stereocenters. The molecule has 8 nitrogen and oxygen atoms in total. The van der Waals surface area contributed by atoms with Gasteiger partial charge in [-0.1, -0.05) is 0 Å². The van der Waals surface area contributed by atoms with Gasteiger partial charge in [0, 0.05) is 31.0 Å². The van der Waals surface area contributed by atoms with E-state index in [-0.39, 0.29) is 30.7 Å². The van der Waals surface area contributed by atoms with Crippen molar-refractivity contribution in [2.45, 2.75) is 13.0 Å². The van der Waals surface area contributed by atoms with Crippen LogP contribution in [0.25, 0.3) is 16.9 Å². The van der Waals surface area contributed by atoms with Crippen molar-refractivity contribution < 1.29 is 9.59 Å². The fourth-order valence-electron chi connectivity index (χ4n) is 2.86. The Morgan fingerprint density at radius 2 is 2.24 bits per heavy atom. The molecule has 128 valence electrons. The lowest BCUT2D eigenvalue weighted by Crippen LogP contribution is -2.32. The number of hydrogen-bond acceptors (Lipinski definition) is 6. The van der Waals surface area contributed by atoms with Gasteiger partial charge >= 0.3 is 0 Å². The Morgan fingerprint density at radius 1 is 1.36 bits per heavy atom. The molecule has 4 heterocycles. The van der Waals surface area contributed by atoms with E-state index in [1.807, 2.05) is 29.0 Å². The molecule has 4 rings (SSSR count). The highest BCUT2D eigenvalue weighted by Gasteiger charge is 2.32. The molecule has 1 fully saturated rings. The SMILES string of the molecule is CN1CC(C(=O)NCc2nnc3ccc(-c4ccsc4)nn23)CC1=O. The third-order valence-corrected chi connectivity index (χ3v) is 4.96. The number of hydrogen-bond donors (Lipinski definition) is 1. The normalized spacial score (nSPS) is 17.4. The quantitative estimate of drug-likeness (QED) is 0.751. The van der Waals surface area contributed by atoms with Gasteiger partial charge in [0.25, 0.3) is 0 Å². The Labute approximate surface area is 147 Å². The lowest BCUT2D eigenvalue weighted by atomic mass is 10.1. The number of rotatable bonds is 4. The molecule has 3 aromatic heterocycles. The predicted octanol–water partition coefficient (Wildman–Crippen LogP) is 0.947. The van der Waals surface area contributed by atoms with E-state index in [4.69, 9.17) is 0 Å². The summed E-state index contributed by atoms with van der Waals surface area (Å²) in [6.07, 6.45) is 0.253. The number of amides is 2. The number of likely N-dealkylation sites (tertiary alicyclic amines) is 1. The molecule has 25 heavy (non-hydrogen) atoms. The van der Waals surface area contributed by atoms with Gasteiger partial charge in [0.1, 0.15) is 0 Å². The van der Waals surface area contributed by atoms with Crippen LogP contribution in [0, 0.1) is 5.92 Å². The monoisotopic (exact) mass is 356 g/mol. The number of carbonyl (C=O) groups is 2. The van der Waals surface area contributed by atoms with Crippen LogP contribution in [0.5, 0.6) is 0 Å². The second-order valence-corrected chi connectivity index (χ2v) is 6.79. The molecule has 1 aliphatic heterocycles. The van der Waals surface area contributed by atoms with Crippen LogP contribution in [0.3, 0.4) is 0 Å². The van der Waals surface area contributed by atoms with Crippen molar-refractivity contribution in [3.05, 3.63) is 34.8 Å². The number of aromatic nitrogens is 4. The fraction of sp³-hybridized carbons (Fsp3) is 0.312. The lowest BCUT2D eigenvalue weighted by Gasteiger charge is -2.10. The van der Waals surface area contributed by atoms with E-state index >= 15 is 0 Å². The van der Waals surface area contributed by atoms with Gasteiger partial charge in [0.2, 0.25) is 11.8 Å². The highest BCUT2D eigenvalue weighted by Crippen LogP contribution is 2.20. The minimum atomic E-state index is -0.314. The van der Waals surface area contributed by atoms with Crippen LogP contribution in [0.15, 0.2) is 29.0 Å². The average Bonchev–Trinajstić information content (AvgIpc) is 3.33. The molecule has 2 amide bonds. The lowest BCUT2D eigenvalue weighted by molar-refractivity contribution is -0.128. The number of nitrogens with one attached hydrogen (secondary N) is 1. The van der Waals surface area contributed by atoms with Crippen LogP contribution in [0.4, 0.5) is 0 Å². The molecular weight excluding hydrogens is 340 g/mol. The van der Waals surface area contributed by atoms with Gasteiger partial charge in [-0.25, -0.2) is 0 Å². The summed E-state index contributed by atoms with van der Waals surface area (Å²) in [5, 5.41) is 19.6. The number of carbonyl (C=O) groups excluding carboxylic acids is 2. The van der Waals surface area contributed by atoms with Gasteiger partial charge in [-0.3, -0.25) is 9.59 Å². The van der Waals surface area contributed by atoms with Crippen LogP contribution < -0.4 is 5.32 Å². The summed E-state index contributed by atoms with van der Waals surface area (Å²) in [5.41, 5.74) is 2.48. The zero-order valence-electron chi connectivity index (χ0n) is 13.5. The standard InChI is InChI=1S/C16H16N6O2S/c1-21-8-11(6-15(21)23)16(24)17-7-14-19-18-13-3-2-12(20-22(13)14)10-4-5-25-9-10/h2-5,9,11H,6-8H2,1H3,(H,17,24). The van der Waals surface area contributed by atoms with Crippen molar-refractivity contribution in [3.8, 4) is 11.3 Å². The number of fused-ring (bicyclic) bond motifs is 1. The summed E-state index contributed by atoms with van der Waals surface area (Å²) in [6.45, 7) is 0.667. The number of nitrogens with zero attached hydrogens (tertiary/aromatic N) is 5. The minimum Gasteiger partial charge on any atom is -0.348 e. The van der Waals surface area contributed by atoms with Gasteiger partial charge < -0.3 is 10.2 Å². The maximum Gasteiger partial charge on any atom is 0.225 e. The van der Waals surface area contributed by atoms with Gasteiger partial charge in [-0.2, -0.15) is 21.0 Å². The molecule has 0 saturated carbocycles. The Kier molecular flexibility index (Phi) is 3.92. The zero-order valence-corrected chi connectivity index (χ0v) is 14.4. The maximum absolute atomic E-state index is 12.3. The van der Waals surface area contributed by atoms with Crippen molar-refractivity contribution in [3.63, 3.8) is 0 Å². The number of thiophene rings is 1. The van der Waals surface area contributed by atoms with Crippen LogP contribution in [0.2, 0.25) is 0 Å². The summed E-state index contributed by atoms with van der Waals surface area (Å²) >= 11 is 1.61. The largest absolute Gasteiger partial charge is 0.348 e. The van der Waals surface area contributed by atoms with E-state index in [0.29, 0.717) is 18.0 Å². The molecule has 1 N–H and O–H groups in total. The summed E-state index contributed by atoms with van der Waals surface area (Å²) in [4.78, 5) is 25.4. The molecule has 1 unspecified atom stereocenters. The van der Waals surface area contributed by atoms with Gasteiger partial charge in [-0.05, 0) is 23.6 Å². The van der Waals surface area contributed by atoms with Crippen LogP contribution in [0.1, 0.15) is 12.2 Å². The van der Waals surface area contributed by atoms with Gasteiger partial charge in [0.05, 0.1) is 18.2 Å². The minimum absolute atomic E-state index is 0.00449. The van der Waals surface area contributed by atoms with Crippen molar-refractivity contribution in [1.82, 2.24) is 30.0 Å². The zero-order chi connectivity index (χ0) is 17.4. The first-order chi connectivity index (χ1) is 12.1. The third-order valence-electron chi connectivity index (χ3n) is 4.28. The van der Waals surface area contributed by atoms with E-state index in [1.54, 1.807) is 27.8 Å². The molecule has 0 aliphatic carbocycles. The molecule has 9 heteroatoms. The molecule has 1 saturated heterocycles. The van der Waals surface area contributed by atoms with E-state index in [1.165, 1.54) is 0 Å². The first-order valence-corrected chi connectivity index (χ1v) is 8.81. The molecule has 1 aliphatic rings. The summed E-state index contributed by atoms with van der Waals surface area (Å²) in [6, 6.07) is 5.75. The van der Waals surface area contributed by atoms with Crippen molar-refractivity contribution in [2.24, 2.45) is 5.92 Å². The first kappa shape index (κ1) is 15.7. The smallest absolute Gasteiger partial charge is 0.225 e. The summed E-state index contributed by atoms with van der Waals surface area (Å²) < 4.78 is 1.64. The first-order valence-electron chi connectivity index (χ1n) is 7.87. The van der Waals surface area contributed by atoms with Crippen LogP contribution in [-0.2, 0) is 16.1 Å². The molecular formula is C16H16N6O2S. The van der Waals surface area contributed by atoms with Crippen molar-refractivity contribution >= 4 is 28.8 Å². The predicted molar refractivity (Wildman–Crippen MR) is 91.7 cm³/mol.